The van der Waals surface area contributed by atoms with Gasteiger partial charge < -0.3 is 10.1 Å². The third-order valence-electron chi connectivity index (χ3n) is 4.19. The van der Waals surface area contributed by atoms with E-state index in [0.29, 0.717) is 6.10 Å². The van der Waals surface area contributed by atoms with E-state index in [1.165, 1.54) is 45.3 Å². The smallest absolute Gasteiger partial charge is 0.0710 e. The summed E-state index contributed by atoms with van der Waals surface area (Å²) in [4.78, 5) is 2.65. The van der Waals surface area contributed by atoms with E-state index in [1.54, 1.807) is 0 Å². The van der Waals surface area contributed by atoms with Crippen LogP contribution in [0.4, 0.5) is 0 Å². The van der Waals surface area contributed by atoms with Gasteiger partial charge in [-0.1, -0.05) is 6.92 Å². The largest absolute Gasteiger partial charge is 0.380 e. The molecule has 0 spiro atoms. The summed E-state index contributed by atoms with van der Waals surface area (Å²) in [6.07, 6.45) is 5.77. The lowest BCUT2D eigenvalue weighted by Gasteiger charge is -2.43. The highest BCUT2D eigenvalue weighted by Gasteiger charge is 2.38. The molecule has 0 aromatic rings. The van der Waals surface area contributed by atoms with E-state index in [4.69, 9.17) is 4.74 Å². The average molecular weight is 226 g/mol. The summed E-state index contributed by atoms with van der Waals surface area (Å²) in [5, 5.41) is 3.56. The number of rotatable bonds is 6. The number of hydrogen-bond acceptors (Lipinski definition) is 3. The van der Waals surface area contributed by atoms with Gasteiger partial charge in [-0.3, -0.25) is 4.90 Å². The highest BCUT2D eigenvalue weighted by molar-refractivity contribution is 4.93. The third-order valence-corrected chi connectivity index (χ3v) is 4.19. The molecular formula is C13H26N2O. The van der Waals surface area contributed by atoms with Gasteiger partial charge in [0.05, 0.1) is 6.10 Å². The van der Waals surface area contributed by atoms with E-state index in [1.807, 2.05) is 7.11 Å². The number of ether oxygens (including phenoxy) is 1. The quantitative estimate of drug-likeness (QED) is 0.694. The van der Waals surface area contributed by atoms with E-state index in [9.17, 15) is 0 Å². The number of hydrogen-bond donors (Lipinski definition) is 1. The summed E-state index contributed by atoms with van der Waals surface area (Å²) >= 11 is 0. The van der Waals surface area contributed by atoms with Crippen LogP contribution < -0.4 is 5.32 Å². The first-order chi connectivity index (χ1) is 7.85. The van der Waals surface area contributed by atoms with Crippen molar-refractivity contribution in [2.45, 2.75) is 44.8 Å². The van der Waals surface area contributed by atoms with Crippen molar-refractivity contribution in [2.24, 2.45) is 5.92 Å². The van der Waals surface area contributed by atoms with E-state index in [0.717, 1.165) is 18.5 Å². The normalized spacial score (nSPS) is 35.2. The second kappa shape index (κ2) is 5.99. The molecule has 1 heterocycles. The molecule has 1 saturated heterocycles. The van der Waals surface area contributed by atoms with Crippen LogP contribution in [-0.4, -0.2) is 50.3 Å². The molecule has 0 amide bonds. The van der Waals surface area contributed by atoms with Gasteiger partial charge in [-0.25, -0.2) is 0 Å². The van der Waals surface area contributed by atoms with Gasteiger partial charge in [-0.15, -0.1) is 0 Å². The van der Waals surface area contributed by atoms with E-state index >= 15 is 0 Å². The SMILES string of the molecule is CCCNCC1CCC1N1CCC(OC)C1. The molecule has 3 heteroatoms. The van der Waals surface area contributed by atoms with Gasteiger partial charge in [0.1, 0.15) is 0 Å². The monoisotopic (exact) mass is 226 g/mol. The Bertz CT molecular complexity index is 210. The lowest BCUT2D eigenvalue weighted by molar-refractivity contribution is 0.0557. The minimum absolute atomic E-state index is 0.491. The van der Waals surface area contributed by atoms with Gasteiger partial charge in [0.15, 0.2) is 0 Å². The molecule has 0 radical (unpaired) electrons. The number of nitrogens with zero attached hydrogens (tertiary/aromatic N) is 1. The minimum atomic E-state index is 0.491. The molecule has 2 aliphatic rings. The van der Waals surface area contributed by atoms with Crippen molar-refractivity contribution in [3.8, 4) is 0 Å². The molecule has 0 aromatic heterocycles. The maximum Gasteiger partial charge on any atom is 0.0710 e. The van der Waals surface area contributed by atoms with Gasteiger partial charge in [0, 0.05) is 26.2 Å². The molecule has 3 nitrogen and oxygen atoms in total. The van der Waals surface area contributed by atoms with Gasteiger partial charge in [0.2, 0.25) is 0 Å². The maximum atomic E-state index is 5.44. The van der Waals surface area contributed by atoms with Crippen LogP contribution in [0, 0.1) is 5.92 Å². The van der Waals surface area contributed by atoms with E-state index in [2.05, 4.69) is 17.1 Å². The van der Waals surface area contributed by atoms with Gasteiger partial charge in [0.25, 0.3) is 0 Å². The predicted octanol–water partition coefficient (Wildman–Crippen LogP) is 1.49. The number of methoxy groups -OCH3 is 1. The molecule has 16 heavy (non-hydrogen) atoms. The minimum Gasteiger partial charge on any atom is -0.380 e. The Morgan fingerprint density at radius 3 is 2.75 bits per heavy atom. The van der Waals surface area contributed by atoms with Gasteiger partial charge in [-0.2, -0.15) is 0 Å². The highest BCUT2D eigenvalue weighted by Crippen LogP contribution is 2.34. The predicted molar refractivity (Wildman–Crippen MR) is 66.7 cm³/mol. The Hall–Kier alpha value is -0.120. The summed E-state index contributed by atoms with van der Waals surface area (Å²) in [7, 11) is 1.84. The van der Waals surface area contributed by atoms with E-state index in [-0.39, 0.29) is 0 Å². The Kier molecular flexibility index (Phi) is 4.62. The molecule has 1 N–H and O–H groups in total. The summed E-state index contributed by atoms with van der Waals surface area (Å²) < 4.78 is 5.44. The van der Waals surface area contributed by atoms with Crippen LogP contribution in [0.25, 0.3) is 0 Å². The second-order valence-corrected chi connectivity index (χ2v) is 5.25. The molecule has 3 unspecified atom stereocenters. The first-order valence-electron chi connectivity index (χ1n) is 6.82. The van der Waals surface area contributed by atoms with Crippen LogP contribution in [0.5, 0.6) is 0 Å². The Morgan fingerprint density at radius 1 is 1.31 bits per heavy atom. The zero-order chi connectivity index (χ0) is 11.4. The highest BCUT2D eigenvalue weighted by atomic mass is 16.5. The molecule has 1 aliphatic carbocycles. The van der Waals surface area contributed by atoms with Gasteiger partial charge >= 0.3 is 0 Å². The molecule has 0 aromatic carbocycles. The van der Waals surface area contributed by atoms with Crippen LogP contribution in [0.15, 0.2) is 0 Å². The standard InChI is InChI=1S/C13H26N2O/c1-3-7-14-9-11-4-5-13(11)15-8-6-12(10-15)16-2/h11-14H,3-10H2,1-2H3. The molecule has 1 saturated carbocycles. The van der Waals surface area contributed by atoms with Crippen molar-refractivity contribution in [1.82, 2.24) is 10.2 Å². The fourth-order valence-corrected chi connectivity index (χ4v) is 2.98. The number of likely N-dealkylation sites (tertiary alicyclic amines) is 1. The van der Waals surface area contributed by atoms with Crippen LogP contribution in [0.3, 0.4) is 0 Å². The topological polar surface area (TPSA) is 24.5 Å². The van der Waals surface area contributed by atoms with Crippen LogP contribution in [0.1, 0.15) is 32.6 Å². The maximum absolute atomic E-state index is 5.44. The summed E-state index contributed by atoms with van der Waals surface area (Å²) in [5.74, 6) is 0.891. The zero-order valence-electron chi connectivity index (χ0n) is 10.7. The van der Waals surface area contributed by atoms with Gasteiger partial charge in [-0.05, 0) is 44.7 Å². The molecule has 2 fully saturated rings. The van der Waals surface area contributed by atoms with Crippen molar-refractivity contribution >= 4 is 0 Å². The second-order valence-electron chi connectivity index (χ2n) is 5.25. The fraction of sp³-hybridized carbons (Fsp3) is 1.00. The van der Waals surface area contributed by atoms with Crippen LogP contribution in [0.2, 0.25) is 0 Å². The van der Waals surface area contributed by atoms with Crippen molar-refractivity contribution < 1.29 is 4.74 Å². The van der Waals surface area contributed by atoms with Crippen LogP contribution >= 0.6 is 0 Å². The number of nitrogens with one attached hydrogen (secondary N) is 1. The first-order valence-corrected chi connectivity index (χ1v) is 6.82. The molecular weight excluding hydrogens is 200 g/mol. The fourth-order valence-electron chi connectivity index (χ4n) is 2.98. The third kappa shape index (κ3) is 2.76. The van der Waals surface area contributed by atoms with Crippen molar-refractivity contribution in [3.63, 3.8) is 0 Å². The van der Waals surface area contributed by atoms with Crippen molar-refractivity contribution in [1.29, 1.82) is 0 Å². The molecule has 1 aliphatic heterocycles. The van der Waals surface area contributed by atoms with Crippen molar-refractivity contribution in [2.75, 3.05) is 33.3 Å². The Labute approximate surface area is 99.5 Å². The summed E-state index contributed by atoms with van der Waals surface area (Å²) in [5.41, 5.74) is 0. The first kappa shape index (κ1) is 12.3. The average Bonchev–Trinajstić information content (AvgIpc) is 2.71. The summed E-state index contributed by atoms with van der Waals surface area (Å²) in [6, 6.07) is 0.838. The lowest BCUT2D eigenvalue weighted by Crippen LogP contribution is -2.50. The lowest BCUT2D eigenvalue weighted by atomic mass is 9.78. The Morgan fingerprint density at radius 2 is 2.19 bits per heavy atom. The Balaban J connectivity index is 1.69. The van der Waals surface area contributed by atoms with Crippen molar-refractivity contribution in [3.05, 3.63) is 0 Å². The van der Waals surface area contributed by atoms with E-state index < -0.39 is 0 Å². The molecule has 0 bridgehead atoms. The molecule has 94 valence electrons. The molecule has 3 atom stereocenters. The summed E-state index contributed by atoms with van der Waals surface area (Å²) in [6.45, 7) is 7.02. The zero-order valence-corrected chi connectivity index (χ0v) is 10.7. The van der Waals surface area contributed by atoms with Crippen LogP contribution in [-0.2, 0) is 4.74 Å². The molecule has 2 rings (SSSR count).